The Bertz CT molecular complexity index is 673. The van der Waals surface area contributed by atoms with Crippen LogP contribution in [-0.2, 0) is 18.5 Å². The third-order valence-corrected chi connectivity index (χ3v) is 10.9. The molecule has 1 aromatic carbocycles. The number of carbonyl (C=O) groups is 1. The van der Waals surface area contributed by atoms with Gasteiger partial charge in [0, 0.05) is 17.9 Å². The molecule has 4 nitrogen and oxygen atoms in total. The molecule has 0 radical (unpaired) electrons. The van der Waals surface area contributed by atoms with Crippen LogP contribution in [0.2, 0.25) is 0 Å². The average Bonchev–Trinajstić information content (AvgIpc) is 2.97. The van der Waals surface area contributed by atoms with E-state index in [1.807, 2.05) is 6.92 Å². The van der Waals surface area contributed by atoms with Gasteiger partial charge in [0.25, 0.3) is 0 Å². The number of aryl methyl sites for hydroxylation is 1. The molecular weight excluding hydrogens is 332 g/mol. The second-order valence-corrected chi connectivity index (χ2v) is 11.6. The first-order valence-electron chi connectivity index (χ1n) is 8.26. The van der Waals surface area contributed by atoms with E-state index in [4.69, 9.17) is 3.63 Å². The van der Waals surface area contributed by atoms with Gasteiger partial charge in [0.05, 0.1) is 10.1 Å². The molecule has 1 aliphatic heterocycles. The van der Waals surface area contributed by atoms with Crippen LogP contribution in [0, 0.1) is 6.92 Å². The summed E-state index contributed by atoms with van der Waals surface area (Å²) < 4.78 is 31.3. The summed E-state index contributed by atoms with van der Waals surface area (Å²) >= 11 is 0. The number of Topliss-reactive ketones (excluding diaryl/α,β-unsaturated/α-hetero) is 1. The molecule has 0 aromatic heterocycles. The predicted molar refractivity (Wildman–Crippen MR) is 93.3 cm³/mol. The fourth-order valence-electron chi connectivity index (χ4n) is 3.52. The summed E-state index contributed by atoms with van der Waals surface area (Å²) in [6.07, 6.45) is 5.21. The van der Waals surface area contributed by atoms with Gasteiger partial charge in [-0.05, 0) is 44.7 Å². The molecule has 1 saturated heterocycles. The molecule has 128 valence electrons. The SMILES string of the molecule is Cc1ccc(S(=O)(=O)OS2(C3CCCCC3=O)CCCC2)cc1. The Morgan fingerprint density at radius 1 is 1.04 bits per heavy atom. The summed E-state index contributed by atoms with van der Waals surface area (Å²) in [5, 5.41) is -0.182. The van der Waals surface area contributed by atoms with Crippen LogP contribution in [0.15, 0.2) is 29.2 Å². The number of benzene rings is 1. The normalized spacial score (nSPS) is 26.1. The van der Waals surface area contributed by atoms with Crippen molar-refractivity contribution in [3.63, 3.8) is 0 Å². The zero-order valence-electron chi connectivity index (χ0n) is 13.5. The lowest BCUT2D eigenvalue weighted by Gasteiger charge is -2.42. The van der Waals surface area contributed by atoms with Gasteiger partial charge >= 0.3 is 10.1 Å². The van der Waals surface area contributed by atoms with Crippen LogP contribution in [0.3, 0.4) is 0 Å². The Kier molecular flexibility index (Phi) is 4.85. The van der Waals surface area contributed by atoms with Crippen molar-refractivity contribution in [3.05, 3.63) is 29.8 Å². The number of hydrogen-bond donors (Lipinski definition) is 0. The van der Waals surface area contributed by atoms with Crippen molar-refractivity contribution in [2.75, 3.05) is 11.5 Å². The standard InChI is InChI=1S/C17H24O4S2/c1-14-8-10-15(11-9-14)23(19,20)21-22(12-4-5-13-22)17-7-3-2-6-16(17)18/h8-11,17H,2-7,12-13H2,1H3. The molecule has 3 rings (SSSR count). The van der Waals surface area contributed by atoms with Gasteiger partial charge in [-0.1, -0.05) is 24.1 Å². The second kappa shape index (κ2) is 6.57. The van der Waals surface area contributed by atoms with Gasteiger partial charge in [0.2, 0.25) is 0 Å². The van der Waals surface area contributed by atoms with E-state index in [9.17, 15) is 13.2 Å². The Morgan fingerprint density at radius 3 is 2.30 bits per heavy atom. The van der Waals surface area contributed by atoms with Crippen LogP contribution in [0.4, 0.5) is 0 Å². The third-order valence-electron chi connectivity index (χ3n) is 4.78. The Balaban J connectivity index is 1.90. The van der Waals surface area contributed by atoms with E-state index in [1.165, 1.54) is 0 Å². The highest BCUT2D eigenvalue weighted by Gasteiger charge is 2.45. The zero-order chi connectivity index (χ0) is 16.5. The maximum absolute atomic E-state index is 12.7. The molecule has 0 amide bonds. The zero-order valence-corrected chi connectivity index (χ0v) is 15.1. The number of carbonyl (C=O) groups excluding carboxylic acids is 1. The van der Waals surface area contributed by atoms with Crippen molar-refractivity contribution in [2.24, 2.45) is 0 Å². The lowest BCUT2D eigenvalue weighted by molar-refractivity contribution is -0.119. The topological polar surface area (TPSA) is 60.4 Å². The monoisotopic (exact) mass is 356 g/mol. The first kappa shape index (κ1) is 17.0. The second-order valence-electron chi connectivity index (χ2n) is 6.52. The first-order chi connectivity index (χ1) is 10.9. The van der Waals surface area contributed by atoms with Gasteiger partial charge in [-0.2, -0.15) is 8.42 Å². The fraction of sp³-hybridized carbons (Fsp3) is 0.588. The first-order valence-corrected chi connectivity index (χ1v) is 11.6. The van der Waals surface area contributed by atoms with Crippen molar-refractivity contribution in [1.82, 2.24) is 0 Å². The van der Waals surface area contributed by atoms with Crippen LogP contribution in [0.5, 0.6) is 0 Å². The quantitative estimate of drug-likeness (QED) is 0.825. The summed E-state index contributed by atoms with van der Waals surface area (Å²) in [6.45, 7) is 1.92. The largest absolute Gasteiger partial charge is 0.306 e. The highest BCUT2D eigenvalue weighted by Crippen LogP contribution is 2.62. The van der Waals surface area contributed by atoms with E-state index >= 15 is 0 Å². The Labute approximate surface area is 140 Å². The van der Waals surface area contributed by atoms with Crippen LogP contribution in [-0.4, -0.2) is 31.0 Å². The predicted octanol–water partition coefficient (Wildman–Crippen LogP) is 3.73. The summed E-state index contributed by atoms with van der Waals surface area (Å²) in [6, 6.07) is 6.74. The molecule has 1 atom stereocenters. The van der Waals surface area contributed by atoms with Gasteiger partial charge in [-0.3, -0.25) is 4.79 Å². The van der Waals surface area contributed by atoms with Gasteiger partial charge in [-0.15, -0.1) is 10.3 Å². The smallest absolute Gasteiger partial charge is 0.298 e. The molecular formula is C17H24O4S2. The summed E-state index contributed by atoms with van der Waals surface area (Å²) in [4.78, 5) is 12.6. The highest BCUT2D eigenvalue weighted by molar-refractivity contribution is 8.34. The molecule has 6 heteroatoms. The lowest BCUT2D eigenvalue weighted by Crippen LogP contribution is -2.34. The maximum atomic E-state index is 12.7. The molecule has 1 heterocycles. The molecule has 0 bridgehead atoms. The molecule has 1 unspecified atom stereocenters. The van der Waals surface area contributed by atoms with Crippen LogP contribution in [0.1, 0.15) is 44.1 Å². The van der Waals surface area contributed by atoms with Crippen LogP contribution in [0.25, 0.3) is 0 Å². The molecule has 23 heavy (non-hydrogen) atoms. The number of rotatable bonds is 4. The van der Waals surface area contributed by atoms with Crippen molar-refractivity contribution in [2.45, 2.75) is 55.6 Å². The van der Waals surface area contributed by atoms with Crippen molar-refractivity contribution >= 4 is 26.2 Å². The minimum absolute atomic E-state index is 0.182. The van der Waals surface area contributed by atoms with E-state index < -0.39 is 20.4 Å². The lowest BCUT2D eigenvalue weighted by atomic mass is 9.99. The van der Waals surface area contributed by atoms with E-state index in [2.05, 4.69) is 0 Å². The van der Waals surface area contributed by atoms with Crippen LogP contribution >= 0.6 is 10.3 Å². The van der Waals surface area contributed by atoms with E-state index in [0.29, 0.717) is 6.42 Å². The van der Waals surface area contributed by atoms with Gasteiger partial charge in [-0.25, -0.2) is 3.63 Å². The van der Waals surface area contributed by atoms with Gasteiger partial charge in [0.15, 0.2) is 0 Å². The molecule has 0 N–H and O–H groups in total. The van der Waals surface area contributed by atoms with E-state index in [1.54, 1.807) is 24.3 Å². The molecule has 1 aromatic rings. The van der Waals surface area contributed by atoms with Crippen molar-refractivity contribution < 1.29 is 16.8 Å². The fourth-order valence-corrected chi connectivity index (χ4v) is 10.0. The number of hydrogen-bond acceptors (Lipinski definition) is 4. The van der Waals surface area contributed by atoms with Crippen molar-refractivity contribution in [1.29, 1.82) is 0 Å². The molecule has 0 spiro atoms. The van der Waals surface area contributed by atoms with Crippen molar-refractivity contribution in [3.8, 4) is 0 Å². The van der Waals surface area contributed by atoms with Crippen LogP contribution < -0.4 is 0 Å². The van der Waals surface area contributed by atoms with E-state index in [-0.39, 0.29) is 15.9 Å². The molecule has 1 saturated carbocycles. The molecule has 2 fully saturated rings. The Morgan fingerprint density at radius 2 is 1.70 bits per heavy atom. The minimum atomic E-state index is -3.81. The summed E-state index contributed by atoms with van der Waals surface area (Å²) in [5.74, 6) is 1.70. The molecule has 2 aliphatic rings. The Hall–Kier alpha value is -0.850. The number of ketones is 1. The third kappa shape index (κ3) is 3.49. The summed E-state index contributed by atoms with van der Waals surface area (Å²) in [5.41, 5.74) is 1.01. The summed E-state index contributed by atoms with van der Waals surface area (Å²) in [7, 11) is -5.67. The average molecular weight is 357 g/mol. The van der Waals surface area contributed by atoms with Gasteiger partial charge in [0.1, 0.15) is 5.78 Å². The highest BCUT2D eigenvalue weighted by atomic mass is 32.3. The minimum Gasteiger partial charge on any atom is -0.298 e. The maximum Gasteiger partial charge on any atom is 0.306 e. The molecule has 1 aliphatic carbocycles. The van der Waals surface area contributed by atoms with Gasteiger partial charge < -0.3 is 0 Å². The van der Waals surface area contributed by atoms with E-state index in [0.717, 1.165) is 49.2 Å².